The summed E-state index contributed by atoms with van der Waals surface area (Å²) in [4.78, 5) is 0. The third-order valence-electron chi connectivity index (χ3n) is 1.70. The molecule has 12 heavy (non-hydrogen) atoms. The predicted molar refractivity (Wildman–Crippen MR) is 54.8 cm³/mol. The quantitative estimate of drug-likeness (QED) is 0.514. The van der Waals surface area contributed by atoms with Crippen molar-refractivity contribution >= 4 is 8.32 Å². The van der Waals surface area contributed by atoms with E-state index in [1.165, 1.54) is 6.04 Å². The minimum absolute atomic E-state index is 0.242. The lowest BCUT2D eigenvalue weighted by atomic mass is 10.3. The van der Waals surface area contributed by atoms with Crippen LogP contribution in [0.1, 0.15) is 20.3 Å². The molecule has 1 N–H and O–H groups in total. The molecule has 3 heteroatoms. The molecule has 0 amide bonds. The van der Waals surface area contributed by atoms with Crippen LogP contribution in [0.15, 0.2) is 0 Å². The van der Waals surface area contributed by atoms with Gasteiger partial charge in [-0.25, -0.2) is 0 Å². The van der Waals surface area contributed by atoms with Crippen molar-refractivity contribution in [2.45, 2.75) is 39.4 Å². The van der Waals surface area contributed by atoms with Crippen molar-refractivity contribution in [2.24, 2.45) is 5.92 Å². The topological polar surface area (TPSA) is 29.5 Å². The number of hydrogen-bond donors (Lipinski definition) is 1. The van der Waals surface area contributed by atoms with Gasteiger partial charge < -0.3 is 9.53 Å². The molecular formula is C9H22O2Si. The highest BCUT2D eigenvalue weighted by molar-refractivity contribution is 6.71. The standard InChI is InChI=1S/C9H22O2Si/c1-9(2)8-12(3,4)11-7-5-6-10/h9-10H,5-8H2,1-4H3. The second-order valence-electron chi connectivity index (χ2n) is 4.28. The van der Waals surface area contributed by atoms with E-state index in [0.29, 0.717) is 0 Å². The van der Waals surface area contributed by atoms with Crippen LogP contribution in [0.25, 0.3) is 0 Å². The zero-order valence-corrected chi connectivity index (χ0v) is 9.76. The molecule has 0 aromatic heterocycles. The molecule has 0 aromatic carbocycles. The van der Waals surface area contributed by atoms with Gasteiger partial charge in [-0.15, -0.1) is 0 Å². The molecule has 0 unspecified atom stereocenters. The van der Waals surface area contributed by atoms with Crippen LogP contribution < -0.4 is 0 Å². The van der Waals surface area contributed by atoms with Gasteiger partial charge in [0.25, 0.3) is 0 Å². The first-order valence-electron chi connectivity index (χ1n) is 4.73. The van der Waals surface area contributed by atoms with E-state index in [-0.39, 0.29) is 6.61 Å². The Labute approximate surface area is 77.1 Å². The molecule has 0 aliphatic carbocycles. The maximum Gasteiger partial charge on any atom is 0.186 e. The fourth-order valence-electron chi connectivity index (χ4n) is 1.46. The maximum atomic E-state index is 8.58. The van der Waals surface area contributed by atoms with Gasteiger partial charge in [0, 0.05) is 13.2 Å². The van der Waals surface area contributed by atoms with E-state index in [2.05, 4.69) is 26.9 Å². The smallest absolute Gasteiger partial charge is 0.186 e. The second-order valence-corrected chi connectivity index (χ2v) is 8.50. The van der Waals surface area contributed by atoms with Crippen molar-refractivity contribution in [3.05, 3.63) is 0 Å². The first-order valence-corrected chi connectivity index (χ1v) is 7.84. The fourth-order valence-corrected chi connectivity index (χ4v) is 4.24. The van der Waals surface area contributed by atoms with Gasteiger partial charge in [0.1, 0.15) is 0 Å². The van der Waals surface area contributed by atoms with Gasteiger partial charge in [0.05, 0.1) is 0 Å². The molecule has 0 aliphatic rings. The maximum absolute atomic E-state index is 8.58. The van der Waals surface area contributed by atoms with Crippen molar-refractivity contribution in [3.8, 4) is 0 Å². The Bertz CT molecular complexity index is 113. The monoisotopic (exact) mass is 190 g/mol. The van der Waals surface area contributed by atoms with Gasteiger partial charge in [-0.2, -0.15) is 0 Å². The van der Waals surface area contributed by atoms with E-state index in [0.717, 1.165) is 18.9 Å². The average Bonchev–Trinajstić information content (AvgIpc) is 1.84. The summed E-state index contributed by atoms with van der Waals surface area (Å²) >= 11 is 0. The molecule has 0 rings (SSSR count). The summed E-state index contributed by atoms with van der Waals surface area (Å²) in [7, 11) is -1.41. The normalized spacial score (nSPS) is 12.5. The minimum Gasteiger partial charge on any atom is -0.417 e. The van der Waals surface area contributed by atoms with E-state index >= 15 is 0 Å². The molecule has 0 heterocycles. The van der Waals surface area contributed by atoms with E-state index in [1.807, 2.05) is 0 Å². The van der Waals surface area contributed by atoms with Crippen LogP contribution in [0.2, 0.25) is 19.1 Å². The molecule has 0 atom stereocenters. The number of rotatable bonds is 6. The van der Waals surface area contributed by atoms with E-state index < -0.39 is 8.32 Å². The lowest BCUT2D eigenvalue weighted by Gasteiger charge is -2.24. The highest BCUT2D eigenvalue weighted by Gasteiger charge is 2.23. The van der Waals surface area contributed by atoms with Crippen LogP contribution in [0.4, 0.5) is 0 Å². The van der Waals surface area contributed by atoms with Crippen molar-refractivity contribution in [3.63, 3.8) is 0 Å². The van der Waals surface area contributed by atoms with Crippen LogP contribution in [0.5, 0.6) is 0 Å². The predicted octanol–water partition coefficient (Wildman–Crippen LogP) is 2.25. The molecule has 0 radical (unpaired) electrons. The average molecular weight is 190 g/mol. The van der Waals surface area contributed by atoms with Crippen LogP contribution in [0.3, 0.4) is 0 Å². The van der Waals surface area contributed by atoms with E-state index in [9.17, 15) is 0 Å². The molecule has 0 spiro atoms. The van der Waals surface area contributed by atoms with Gasteiger partial charge in [-0.05, 0) is 31.5 Å². The Morgan fingerprint density at radius 1 is 1.33 bits per heavy atom. The Morgan fingerprint density at radius 2 is 1.92 bits per heavy atom. The first kappa shape index (κ1) is 12.1. The van der Waals surface area contributed by atoms with Crippen molar-refractivity contribution in [1.29, 1.82) is 0 Å². The molecule has 0 aromatic rings. The molecule has 0 fully saturated rings. The third-order valence-corrected chi connectivity index (χ3v) is 4.48. The summed E-state index contributed by atoms with van der Waals surface area (Å²) in [6, 6.07) is 1.21. The van der Waals surface area contributed by atoms with Crippen molar-refractivity contribution in [2.75, 3.05) is 13.2 Å². The SMILES string of the molecule is CC(C)C[Si](C)(C)OCCCO. The molecule has 0 saturated heterocycles. The summed E-state index contributed by atoms with van der Waals surface area (Å²) in [5.41, 5.74) is 0. The van der Waals surface area contributed by atoms with Gasteiger partial charge in [-0.1, -0.05) is 13.8 Å². The Morgan fingerprint density at radius 3 is 2.33 bits per heavy atom. The van der Waals surface area contributed by atoms with Gasteiger partial charge in [0.2, 0.25) is 0 Å². The Balaban J connectivity index is 3.56. The number of aliphatic hydroxyl groups excluding tert-OH is 1. The van der Waals surface area contributed by atoms with Crippen LogP contribution in [-0.4, -0.2) is 26.6 Å². The van der Waals surface area contributed by atoms with Crippen LogP contribution >= 0.6 is 0 Å². The highest BCUT2D eigenvalue weighted by Crippen LogP contribution is 2.17. The minimum atomic E-state index is -1.41. The third kappa shape index (κ3) is 6.82. The van der Waals surface area contributed by atoms with Gasteiger partial charge in [0.15, 0.2) is 8.32 Å². The van der Waals surface area contributed by atoms with Gasteiger partial charge in [-0.3, -0.25) is 0 Å². The molecule has 2 nitrogen and oxygen atoms in total. The molecule has 0 saturated carbocycles. The van der Waals surface area contributed by atoms with Crippen LogP contribution in [0, 0.1) is 5.92 Å². The lowest BCUT2D eigenvalue weighted by Crippen LogP contribution is -2.32. The summed E-state index contributed by atoms with van der Waals surface area (Å²) in [5, 5.41) is 8.58. The zero-order valence-electron chi connectivity index (χ0n) is 8.76. The number of aliphatic hydroxyl groups is 1. The molecule has 0 bridgehead atoms. The van der Waals surface area contributed by atoms with Gasteiger partial charge >= 0.3 is 0 Å². The molecule has 0 aliphatic heterocycles. The van der Waals surface area contributed by atoms with Crippen molar-refractivity contribution < 1.29 is 9.53 Å². The summed E-state index contributed by atoms with van der Waals surface area (Å²) in [5.74, 6) is 0.723. The van der Waals surface area contributed by atoms with Crippen LogP contribution in [-0.2, 0) is 4.43 Å². The second kappa shape index (κ2) is 5.73. The summed E-state index contributed by atoms with van der Waals surface area (Å²) in [6.07, 6.45) is 0.772. The summed E-state index contributed by atoms with van der Waals surface area (Å²) in [6.45, 7) is 9.90. The fraction of sp³-hybridized carbons (Fsp3) is 1.00. The Hall–Kier alpha value is 0.137. The number of hydrogen-bond acceptors (Lipinski definition) is 2. The largest absolute Gasteiger partial charge is 0.417 e. The Kier molecular flexibility index (Phi) is 5.79. The zero-order chi connectivity index (χ0) is 9.61. The molecule has 74 valence electrons. The summed E-state index contributed by atoms with van der Waals surface area (Å²) < 4.78 is 5.76. The van der Waals surface area contributed by atoms with Crippen molar-refractivity contribution in [1.82, 2.24) is 0 Å². The van der Waals surface area contributed by atoms with E-state index in [4.69, 9.17) is 9.53 Å². The molecular weight excluding hydrogens is 168 g/mol. The first-order chi connectivity index (χ1) is 5.48. The lowest BCUT2D eigenvalue weighted by molar-refractivity contribution is 0.227. The highest BCUT2D eigenvalue weighted by atomic mass is 28.4. The van der Waals surface area contributed by atoms with E-state index in [1.54, 1.807) is 0 Å².